The van der Waals surface area contributed by atoms with Gasteiger partial charge in [0.2, 0.25) is 4.77 Å². The van der Waals surface area contributed by atoms with Crippen LogP contribution in [0.2, 0.25) is 0 Å². The molecule has 2 aromatic rings. The Hall–Kier alpha value is -2.34. The molecule has 0 saturated carbocycles. The first-order valence-electron chi connectivity index (χ1n) is 11.1. The lowest BCUT2D eigenvalue weighted by molar-refractivity contribution is -0.149. The van der Waals surface area contributed by atoms with Gasteiger partial charge >= 0.3 is 13.7 Å². The summed E-state index contributed by atoms with van der Waals surface area (Å²) >= 11 is 5.27. The Balaban J connectivity index is 1.75. The first-order chi connectivity index (χ1) is 16.5. The number of ether oxygens (including phenoxy) is 2. The SMILES string of the molecule is CC(C)OC(=O)[C@H](C)NP(=O)(OC[C@H]1O[C@@H](n2ccc(N)nc2=S)C(C)[C@H]1O)Oc1ccccc1. The van der Waals surface area contributed by atoms with E-state index in [1.807, 2.05) is 0 Å². The molecular formula is C22H31N4O7PS. The molecule has 2 unspecified atom stereocenters. The van der Waals surface area contributed by atoms with E-state index in [0.717, 1.165) is 0 Å². The number of esters is 1. The molecule has 35 heavy (non-hydrogen) atoms. The van der Waals surface area contributed by atoms with Gasteiger partial charge in [0.05, 0.1) is 18.8 Å². The fraction of sp³-hybridized carbons (Fsp3) is 0.500. The molecule has 0 bridgehead atoms. The van der Waals surface area contributed by atoms with E-state index >= 15 is 0 Å². The number of hydrogen-bond acceptors (Lipinski definition) is 10. The van der Waals surface area contributed by atoms with Gasteiger partial charge in [-0.3, -0.25) is 13.9 Å². The van der Waals surface area contributed by atoms with Gasteiger partial charge in [-0.25, -0.2) is 9.55 Å². The molecule has 1 saturated heterocycles. The zero-order valence-corrected chi connectivity index (χ0v) is 21.6. The highest BCUT2D eigenvalue weighted by Crippen LogP contribution is 2.46. The third-order valence-corrected chi connectivity index (χ3v) is 7.19. The maximum Gasteiger partial charge on any atom is 0.459 e. The summed E-state index contributed by atoms with van der Waals surface area (Å²) in [6.45, 7) is 6.40. The van der Waals surface area contributed by atoms with Crippen molar-refractivity contribution in [2.75, 3.05) is 12.3 Å². The number of hydrogen-bond donors (Lipinski definition) is 3. The fourth-order valence-electron chi connectivity index (χ4n) is 3.47. The quantitative estimate of drug-likeness (QED) is 0.238. The van der Waals surface area contributed by atoms with Crippen molar-refractivity contribution >= 4 is 31.8 Å². The highest BCUT2D eigenvalue weighted by molar-refractivity contribution is 7.71. The number of carbonyl (C=O) groups excluding carboxylic acids is 1. The summed E-state index contributed by atoms with van der Waals surface area (Å²) in [5.74, 6) is -0.460. The predicted molar refractivity (Wildman–Crippen MR) is 131 cm³/mol. The number of nitrogen functional groups attached to an aromatic ring is 1. The van der Waals surface area contributed by atoms with Gasteiger partial charge in [-0.05, 0) is 51.2 Å². The summed E-state index contributed by atoms with van der Waals surface area (Å²) in [5, 5.41) is 13.4. The Morgan fingerprint density at radius 2 is 2.00 bits per heavy atom. The van der Waals surface area contributed by atoms with Gasteiger partial charge in [-0.2, -0.15) is 5.09 Å². The van der Waals surface area contributed by atoms with E-state index in [0.29, 0.717) is 0 Å². The summed E-state index contributed by atoms with van der Waals surface area (Å²) in [7, 11) is -4.10. The number of nitrogens with zero attached hydrogens (tertiary/aromatic N) is 2. The van der Waals surface area contributed by atoms with Crippen molar-refractivity contribution in [1.82, 2.24) is 14.6 Å². The van der Waals surface area contributed by atoms with Crippen molar-refractivity contribution in [3.63, 3.8) is 0 Å². The van der Waals surface area contributed by atoms with E-state index in [2.05, 4.69) is 10.1 Å². The predicted octanol–water partition coefficient (Wildman–Crippen LogP) is 3.22. The van der Waals surface area contributed by atoms with Crippen LogP contribution in [0.25, 0.3) is 0 Å². The van der Waals surface area contributed by atoms with E-state index in [4.69, 9.17) is 36.5 Å². The van der Waals surface area contributed by atoms with E-state index in [1.54, 1.807) is 67.9 Å². The van der Waals surface area contributed by atoms with Gasteiger partial charge in [0, 0.05) is 12.1 Å². The lowest BCUT2D eigenvalue weighted by Crippen LogP contribution is -2.37. The molecule has 13 heteroatoms. The molecule has 1 fully saturated rings. The van der Waals surface area contributed by atoms with Crippen LogP contribution < -0.4 is 15.3 Å². The van der Waals surface area contributed by atoms with Gasteiger partial charge in [-0.15, -0.1) is 0 Å². The molecule has 2 heterocycles. The normalized spacial score (nSPS) is 24.6. The number of carbonyl (C=O) groups is 1. The number of nitrogens with one attached hydrogen (secondary N) is 1. The molecule has 3 rings (SSSR count). The number of aromatic nitrogens is 2. The Morgan fingerprint density at radius 3 is 2.63 bits per heavy atom. The zero-order chi connectivity index (χ0) is 25.8. The summed E-state index contributed by atoms with van der Waals surface area (Å²) in [5.41, 5.74) is 5.68. The Bertz CT molecular complexity index is 1120. The smallest absolute Gasteiger partial charge is 0.459 e. The summed E-state index contributed by atoms with van der Waals surface area (Å²) in [4.78, 5) is 16.3. The molecule has 1 aromatic carbocycles. The van der Waals surface area contributed by atoms with Crippen molar-refractivity contribution in [1.29, 1.82) is 0 Å². The van der Waals surface area contributed by atoms with Crippen LogP contribution in [-0.4, -0.2) is 51.6 Å². The molecule has 6 atom stereocenters. The second-order valence-electron chi connectivity index (χ2n) is 8.49. The van der Waals surface area contributed by atoms with Gasteiger partial charge in [0.15, 0.2) is 0 Å². The minimum Gasteiger partial charge on any atom is -0.462 e. The second-order valence-corrected chi connectivity index (χ2v) is 10.6. The molecule has 4 N–H and O–H groups in total. The maximum absolute atomic E-state index is 13.6. The number of rotatable bonds is 10. The number of nitrogens with two attached hydrogens (primary N) is 1. The standard InChI is InChI=1S/C22H31N4O7PS/c1-13(2)31-21(28)15(4)25-34(29,33-16-8-6-5-7-9-16)30-12-17-19(27)14(3)20(32-17)26-11-10-18(23)24-22(26)35/h5-11,13-15,17,19-20,27H,12H2,1-4H3,(H,25,29)(H2,23,24,35)/t14?,15-,17+,19+,20+,34?/m0/s1. The average Bonchev–Trinajstić information content (AvgIpc) is 3.06. The zero-order valence-electron chi connectivity index (χ0n) is 19.9. The summed E-state index contributed by atoms with van der Waals surface area (Å²) < 4.78 is 37.9. The monoisotopic (exact) mass is 526 g/mol. The lowest BCUT2D eigenvalue weighted by atomic mass is 10.0. The molecular weight excluding hydrogens is 495 g/mol. The number of aliphatic hydroxyl groups excluding tert-OH is 1. The summed E-state index contributed by atoms with van der Waals surface area (Å²) in [6.07, 6.45) is -1.18. The molecule has 1 aliphatic heterocycles. The van der Waals surface area contributed by atoms with Crippen LogP contribution in [-0.2, 0) is 23.4 Å². The van der Waals surface area contributed by atoms with Gasteiger partial charge in [-0.1, -0.05) is 25.1 Å². The Kier molecular flexibility index (Phi) is 9.03. The van der Waals surface area contributed by atoms with Gasteiger partial charge in [0.25, 0.3) is 0 Å². The summed E-state index contributed by atoms with van der Waals surface area (Å²) in [6, 6.07) is 8.97. The molecule has 11 nitrogen and oxygen atoms in total. The van der Waals surface area contributed by atoms with Gasteiger partial charge < -0.3 is 24.8 Å². The molecule has 1 aliphatic rings. The number of para-hydroxylation sites is 1. The molecule has 0 radical (unpaired) electrons. The number of anilines is 1. The van der Waals surface area contributed by atoms with Crippen molar-refractivity contribution in [3.05, 3.63) is 47.4 Å². The van der Waals surface area contributed by atoms with Crippen LogP contribution in [0.5, 0.6) is 5.75 Å². The van der Waals surface area contributed by atoms with Crippen LogP contribution >= 0.6 is 20.0 Å². The highest BCUT2D eigenvalue weighted by Gasteiger charge is 2.44. The van der Waals surface area contributed by atoms with E-state index in [-0.39, 0.29) is 35.0 Å². The topological polar surface area (TPSA) is 147 Å². The van der Waals surface area contributed by atoms with Crippen LogP contribution in [0.1, 0.15) is 33.9 Å². The first-order valence-corrected chi connectivity index (χ1v) is 13.1. The molecule has 0 spiro atoms. The number of aliphatic hydroxyl groups is 1. The fourth-order valence-corrected chi connectivity index (χ4v) is 5.25. The largest absolute Gasteiger partial charge is 0.462 e. The highest BCUT2D eigenvalue weighted by atomic mass is 32.1. The van der Waals surface area contributed by atoms with Crippen molar-refractivity contribution < 1.29 is 33.0 Å². The third kappa shape index (κ3) is 7.09. The second kappa shape index (κ2) is 11.6. The molecule has 1 aromatic heterocycles. The van der Waals surface area contributed by atoms with Crippen LogP contribution in [0.15, 0.2) is 42.6 Å². The lowest BCUT2D eigenvalue weighted by Gasteiger charge is -2.25. The maximum atomic E-state index is 13.6. The van der Waals surface area contributed by atoms with E-state index in [9.17, 15) is 14.5 Å². The van der Waals surface area contributed by atoms with Crippen molar-refractivity contribution in [2.45, 2.75) is 58.3 Å². The van der Waals surface area contributed by atoms with Crippen LogP contribution in [0, 0.1) is 10.7 Å². The van der Waals surface area contributed by atoms with E-state index < -0.39 is 38.2 Å². The first kappa shape index (κ1) is 27.3. The molecule has 0 aliphatic carbocycles. The number of benzene rings is 1. The van der Waals surface area contributed by atoms with Crippen LogP contribution in [0.4, 0.5) is 5.82 Å². The van der Waals surface area contributed by atoms with Gasteiger partial charge in [0.1, 0.15) is 29.9 Å². The molecule has 192 valence electrons. The Morgan fingerprint density at radius 1 is 1.31 bits per heavy atom. The minimum atomic E-state index is -4.10. The van der Waals surface area contributed by atoms with E-state index in [1.165, 1.54) is 6.92 Å². The van der Waals surface area contributed by atoms with Crippen molar-refractivity contribution in [3.8, 4) is 5.75 Å². The van der Waals surface area contributed by atoms with Crippen LogP contribution in [0.3, 0.4) is 0 Å². The third-order valence-electron chi connectivity index (χ3n) is 5.24. The Labute approximate surface area is 209 Å². The average molecular weight is 527 g/mol. The van der Waals surface area contributed by atoms with Crippen molar-refractivity contribution in [2.24, 2.45) is 5.92 Å². The minimum absolute atomic E-state index is 0.202. The molecule has 0 amide bonds.